The van der Waals surface area contributed by atoms with Gasteiger partial charge in [0.1, 0.15) is 5.60 Å². The molecule has 9 heteroatoms. The quantitative estimate of drug-likeness (QED) is 0.625. The predicted molar refractivity (Wildman–Crippen MR) is 137 cm³/mol. The van der Waals surface area contributed by atoms with Gasteiger partial charge in [-0.1, -0.05) is 6.92 Å². The van der Waals surface area contributed by atoms with E-state index in [0.29, 0.717) is 24.8 Å². The molecule has 5 rings (SSSR count). The van der Waals surface area contributed by atoms with Crippen LogP contribution in [0.1, 0.15) is 71.4 Å². The van der Waals surface area contributed by atoms with E-state index in [1.54, 1.807) is 0 Å². The van der Waals surface area contributed by atoms with Gasteiger partial charge in [0.05, 0.1) is 17.1 Å². The van der Waals surface area contributed by atoms with Gasteiger partial charge in [0, 0.05) is 49.1 Å². The summed E-state index contributed by atoms with van der Waals surface area (Å²) in [6.07, 6.45) is 3.84. The zero-order chi connectivity index (χ0) is 25.8. The monoisotopic (exact) mass is 495 g/mol. The lowest BCUT2D eigenvalue weighted by Crippen LogP contribution is -2.62. The van der Waals surface area contributed by atoms with Gasteiger partial charge in [-0.2, -0.15) is 5.10 Å². The number of nitrogens with one attached hydrogen (secondary N) is 2. The van der Waals surface area contributed by atoms with Crippen LogP contribution in [0.15, 0.2) is 18.2 Å². The molecule has 1 unspecified atom stereocenters. The highest BCUT2D eigenvalue weighted by Crippen LogP contribution is 2.47. The van der Waals surface area contributed by atoms with Gasteiger partial charge in [-0.25, -0.2) is 4.79 Å². The molecule has 9 nitrogen and oxygen atoms in total. The Morgan fingerprint density at radius 3 is 2.64 bits per heavy atom. The molecular weight excluding hydrogens is 458 g/mol. The van der Waals surface area contributed by atoms with Crippen LogP contribution in [0.2, 0.25) is 0 Å². The number of carbonyl (C=O) groups is 3. The van der Waals surface area contributed by atoms with Crippen molar-refractivity contribution in [1.29, 1.82) is 0 Å². The second-order valence-corrected chi connectivity index (χ2v) is 12.1. The van der Waals surface area contributed by atoms with Crippen LogP contribution in [-0.2, 0) is 21.4 Å². The number of benzene rings is 1. The fourth-order valence-corrected chi connectivity index (χ4v) is 6.20. The average molecular weight is 496 g/mol. The van der Waals surface area contributed by atoms with Crippen molar-refractivity contribution < 1.29 is 19.1 Å². The number of nitrogens with zero attached hydrogens (tertiary/aromatic N) is 3. The Bertz CT molecular complexity index is 1210. The second-order valence-electron chi connectivity index (χ2n) is 12.1. The smallest absolute Gasteiger partial charge is 0.410 e. The molecule has 3 aliphatic rings. The number of piperidine rings is 1. The largest absolute Gasteiger partial charge is 0.444 e. The van der Waals surface area contributed by atoms with Crippen molar-refractivity contribution in [2.75, 3.05) is 18.4 Å². The molecule has 2 saturated heterocycles. The highest BCUT2D eigenvalue weighted by atomic mass is 16.6. The molecule has 0 bridgehead atoms. The second kappa shape index (κ2) is 8.78. The Kier molecular flexibility index (Phi) is 6.00. The molecule has 2 aromatic rings. The fraction of sp³-hybridized carbons (Fsp3) is 0.630. The maximum Gasteiger partial charge on any atom is 0.410 e. The number of ether oxygens (including phenoxy) is 1. The molecule has 3 amide bonds. The van der Waals surface area contributed by atoms with Gasteiger partial charge < -0.3 is 15.0 Å². The lowest BCUT2D eigenvalue weighted by atomic mass is 9.64. The van der Waals surface area contributed by atoms with Crippen LogP contribution in [0, 0.1) is 11.3 Å². The van der Waals surface area contributed by atoms with Crippen LogP contribution < -0.4 is 10.6 Å². The van der Waals surface area contributed by atoms with Gasteiger partial charge in [0.15, 0.2) is 0 Å². The standard InChI is InChI=1S/C27H37N5O4/c1-16-13-27(14-32(15-27)25(35)36-26(2,3)4)11-10-20(16)28-17-6-7-18-21(12-17)31(5)30-23(18)19-8-9-22(33)29-24(19)34/h6-7,12,16,19-20,28H,8-11,13-15H2,1-5H3,(H,29,33,34)/t16-,19?,20+/m0/s1. The molecule has 3 heterocycles. The minimum atomic E-state index is -0.466. The summed E-state index contributed by atoms with van der Waals surface area (Å²) in [4.78, 5) is 38.2. The van der Waals surface area contributed by atoms with Crippen molar-refractivity contribution in [3.63, 3.8) is 0 Å². The first-order valence-corrected chi connectivity index (χ1v) is 13.0. The zero-order valence-electron chi connectivity index (χ0n) is 21.9. The van der Waals surface area contributed by atoms with E-state index in [4.69, 9.17) is 4.74 Å². The summed E-state index contributed by atoms with van der Waals surface area (Å²) < 4.78 is 7.35. The molecule has 0 radical (unpaired) electrons. The van der Waals surface area contributed by atoms with Gasteiger partial charge >= 0.3 is 6.09 Å². The molecule has 1 spiro atoms. The summed E-state index contributed by atoms with van der Waals surface area (Å²) in [6.45, 7) is 9.55. The lowest BCUT2D eigenvalue weighted by Gasteiger charge is -2.55. The molecule has 1 aliphatic carbocycles. The summed E-state index contributed by atoms with van der Waals surface area (Å²) in [6, 6.07) is 6.54. The summed E-state index contributed by atoms with van der Waals surface area (Å²) in [5, 5.41) is 11.8. The first-order valence-electron chi connectivity index (χ1n) is 13.0. The van der Waals surface area contributed by atoms with Crippen LogP contribution in [0.5, 0.6) is 0 Å². The van der Waals surface area contributed by atoms with E-state index in [1.165, 1.54) is 0 Å². The van der Waals surface area contributed by atoms with E-state index in [0.717, 1.165) is 54.6 Å². The van der Waals surface area contributed by atoms with Gasteiger partial charge in [0.25, 0.3) is 0 Å². The Morgan fingerprint density at radius 2 is 1.97 bits per heavy atom. The van der Waals surface area contributed by atoms with Crippen molar-refractivity contribution in [2.24, 2.45) is 18.4 Å². The maximum absolute atomic E-state index is 12.4. The molecule has 194 valence electrons. The Labute approximate surface area is 211 Å². The van der Waals surface area contributed by atoms with E-state index in [-0.39, 0.29) is 23.3 Å². The third kappa shape index (κ3) is 4.67. The third-order valence-corrected chi connectivity index (χ3v) is 7.93. The van der Waals surface area contributed by atoms with Crippen molar-refractivity contribution >= 4 is 34.5 Å². The minimum Gasteiger partial charge on any atom is -0.444 e. The number of amides is 3. The summed E-state index contributed by atoms with van der Waals surface area (Å²) in [5.74, 6) is -0.409. The van der Waals surface area contributed by atoms with E-state index in [1.807, 2.05) is 43.5 Å². The minimum absolute atomic E-state index is 0.206. The molecule has 3 atom stereocenters. The van der Waals surface area contributed by atoms with Crippen LogP contribution in [0.3, 0.4) is 0 Å². The van der Waals surface area contributed by atoms with Crippen molar-refractivity contribution in [3.8, 4) is 0 Å². The average Bonchev–Trinajstić information content (AvgIpc) is 3.08. The molecule has 2 N–H and O–H groups in total. The van der Waals surface area contributed by atoms with Crippen molar-refractivity contribution in [1.82, 2.24) is 20.0 Å². The lowest BCUT2D eigenvalue weighted by molar-refractivity contribution is -0.134. The Hall–Kier alpha value is -3.10. The summed E-state index contributed by atoms with van der Waals surface area (Å²) >= 11 is 0. The number of aryl methyl sites for hydroxylation is 1. The van der Waals surface area contributed by atoms with Gasteiger partial charge in [-0.15, -0.1) is 0 Å². The number of carbonyl (C=O) groups excluding carboxylic acids is 3. The van der Waals surface area contributed by atoms with Gasteiger partial charge in [-0.05, 0) is 70.6 Å². The van der Waals surface area contributed by atoms with E-state index in [9.17, 15) is 14.4 Å². The molecular formula is C27H37N5O4. The number of hydrogen-bond acceptors (Lipinski definition) is 6. The Morgan fingerprint density at radius 1 is 1.22 bits per heavy atom. The first-order chi connectivity index (χ1) is 16.9. The van der Waals surface area contributed by atoms with Gasteiger partial charge in [0.2, 0.25) is 11.8 Å². The van der Waals surface area contributed by atoms with Crippen molar-refractivity contribution in [2.45, 2.75) is 77.4 Å². The van der Waals surface area contributed by atoms with Crippen LogP contribution in [0.25, 0.3) is 10.9 Å². The van der Waals surface area contributed by atoms with E-state index >= 15 is 0 Å². The number of fused-ring (bicyclic) bond motifs is 1. The topological polar surface area (TPSA) is 106 Å². The molecule has 36 heavy (non-hydrogen) atoms. The van der Waals surface area contributed by atoms with E-state index in [2.05, 4.69) is 34.8 Å². The van der Waals surface area contributed by atoms with E-state index < -0.39 is 11.5 Å². The van der Waals surface area contributed by atoms with Gasteiger partial charge in [-0.3, -0.25) is 19.6 Å². The summed E-state index contributed by atoms with van der Waals surface area (Å²) in [5.41, 5.74) is 2.48. The number of hydrogen-bond donors (Lipinski definition) is 2. The molecule has 3 fully saturated rings. The number of imide groups is 1. The first kappa shape index (κ1) is 24.6. The highest BCUT2D eigenvalue weighted by molar-refractivity contribution is 6.02. The third-order valence-electron chi connectivity index (χ3n) is 7.93. The predicted octanol–water partition coefficient (Wildman–Crippen LogP) is 3.93. The van der Waals surface area contributed by atoms with Crippen LogP contribution in [0.4, 0.5) is 10.5 Å². The molecule has 2 aliphatic heterocycles. The molecule has 1 saturated carbocycles. The number of likely N-dealkylation sites (tertiary alicyclic amines) is 1. The number of aromatic nitrogens is 2. The normalized spacial score (nSPS) is 26.0. The Balaban J connectivity index is 1.23. The maximum atomic E-state index is 12.4. The van der Waals surface area contributed by atoms with Crippen LogP contribution >= 0.6 is 0 Å². The SMILES string of the molecule is C[C@H]1CC2(CC[C@H]1Nc1ccc3c(C4CCC(=O)NC4=O)nn(C)c3c1)CN(C(=O)OC(C)(C)C)C2. The zero-order valence-corrected chi connectivity index (χ0v) is 21.9. The highest BCUT2D eigenvalue weighted by Gasteiger charge is 2.50. The van der Waals surface area contributed by atoms with Crippen molar-refractivity contribution in [3.05, 3.63) is 23.9 Å². The fourth-order valence-electron chi connectivity index (χ4n) is 6.20. The van der Waals surface area contributed by atoms with Crippen LogP contribution in [-0.4, -0.2) is 57.3 Å². The molecule has 1 aromatic heterocycles. The molecule has 1 aromatic carbocycles. The number of anilines is 1. The number of rotatable bonds is 3. The summed E-state index contributed by atoms with van der Waals surface area (Å²) in [7, 11) is 1.89.